The summed E-state index contributed by atoms with van der Waals surface area (Å²) < 4.78 is 0. The minimum absolute atomic E-state index is 0.0503. The topological polar surface area (TPSA) is 66.6 Å². The molecular formula is C13H17ClN2O3. The summed E-state index contributed by atoms with van der Waals surface area (Å²) in [5.74, 6) is 0. The lowest BCUT2D eigenvalue weighted by Crippen LogP contribution is -2.28. The van der Waals surface area contributed by atoms with Crippen LogP contribution in [0, 0.1) is 10.1 Å². The number of nitrogens with zero attached hydrogens (tertiary/aromatic N) is 2. The highest BCUT2D eigenvalue weighted by atomic mass is 35.5. The summed E-state index contributed by atoms with van der Waals surface area (Å²) in [6.07, 6.45) is 2.10. The molecular weight excluding hydrogens is 268 g/mol. The van der Waals surface area contributed by atoms with Crippen molar-refractivity contribution in [2.24, 2.45) is 0 Å². The Morgan fingerprint density at radius 1 is 1.42 bits per heavy atom. The molecule has 5 nitrogen and oxygen atoms in total. The summed E-state index contributed by atoms with van der Waals surface area (Å²) >= 11 is 5.92. The molecule has 0 spiro atoms. The fourth-order valence-electron chi connectivity index (χ4n) is 2.44. The van der Waals surface area contributed by atoms with Crippen LogP contribution in [0.5, 0.6) is 0 Å². The fraction of sp³-hybridized carbons (Fsp3) is 0.538. The first-order chi connectivity index (χ1) is 8.91. The van der Waals surface area contributed by atoms with Crippen LogP contribution in [0.4, 0.5) is 11.4 Å². The Hall–Kier alpha value is -1.33. The molecule has 104 valence electrons. The highest BCUT2D eigenvalue weighted by molar-refractivity contribution is 6.33. The molecule has 0 aliphatic carbocycles. The molecule has 2 rings (SSSR count). The number of halogens is 1. The lowest BCUT2D eigenvalue weighted by molar-refractivity contribution is -0.384. The first-order valence-electron chi connectivity index (χ1n) is 6.31. The fourth-order valence-corrected chi connectivity index (χ4v) is 2.68. The van der Waals surface area contributed by atoms with Crippen molar-refractivity contribution in [2.75, 3.05) is 18.0 Å². The molecule has 0 radical (unpaired) electrons. The Balaban J connectivity index is 2.32. The first-order valence-corrected chi connectivity index (χ1v) is 6.69. The SMILES string of the molecule is CC1(O)CCCN(c2cccc(Cl)c2[N+](=O)[O-])CC1. The van der Waals surface area contributed by atoms with E-state index in [1.165, 1.54) is 6.07 Å². The molecule has 0 amide bonds. The lowest BCUT2D eigenvalue weighted by atomic mass is 9.98. The molecule has 1 aliphatic rings. The molecule has 0 saturated carbocycles. The van der Waals surface area contributed by atoms with Gasteiger partial charge in [-0.25, -0.2) is 0 Å². The quantitative estimate of drug-likeness (QED) is 0.670. The van der Waals surface area contributed by atoms with Crippen molar-refractivity contribution in [2.45, 2.75) is 31.8 Å². The van der Waals surface area contributed by atoms with Crippen LogP contribution in [0.25, 0.3) is 0 Å². The average molecular weight is 285 g/mol. The standard InChI is InChI=1S/C13H17ClN2O3/c1-13(17)6-3-8-15(9-7-13)11-5-2-4-10(14)12(11)16(18)19/h2,4-5,17H,3,6-9H2,1H3. The smallest absolute Gasteiger partial charge is 0.310 e. The molecule has 1 aromatic carbocycles. The second-order valence-corrected chi connectivity index (χ2v) is 5.61. The minimum atomic E-state index is -0.692. The average Bonchev–Trinajstić information content (AvgIpc) is 2.49. The third kappa shape index (κ3) is 3.16. The van der Waals surface area contributed by atoms with Crippen LogP contribution < -0.4 is 4.90 Å². The van der Waals surface area contributed by atoms with E-state index < -0.39 is 10.5 Å². The normalized spacial score (nSPS) is 24.1. The molecule has 1 N–H and O–H groups in total. The zero-order valence-corrected chi connectivity index (χ0v) is 11.6. The van der Waals surface area contributed by atoms with E-state index in [2.05, 4.69) is 0 Å². The Labute approximate surface area is 116 Å². The van der Waals surface area contributed by atoms with Gasteiger partial charge in [0.05, 0.1) is 10.5 Å². The molecule has 1 aromatic rings. The van der Waals surface area contributed by atoms with Crippen LogP contribution in [-0.2, 0) is 0 Å². The number of benzene rings is 1. The van der Waals surface area contributed by atoms with Gasteiger partial charge in [0, 0.05) is 13.1 Å². The molecule has 1 aliphatic heterocycles. The lowest BCUT2D eigenvalue weighted by Gasteiger charge is -2.24. The van der Waals surface area contributed by atoms with Gasteiger partial charge in [0.2, 0.25) is 0 Å². The molecule has 0 bridgehead atoms. The van der Waals surface area contributed by atoms with Gasteiger partial charge < -0.3 is 10.0 Å². The molecule has 1 unspecified atom stereocenters. The molecule has 1 fully saturated rings. The summed E-state index contributed by atoms with van der Waals surface area (Å²) in [4.78, 5) is 12.6. The van der Waals surface area contributed by atoms with Crippen LogP contribution >= 0.6 is 11.6 Å². The number of hydrogen-bond acceptors (Lipinski definition) is 4. The van der Waals surface area contributed by atoms with Crippen LogP contribution in [-0.4, -0.2) is 28.7 Å². The highest BCUT2D eigenvalue weighted by Gasteiger charge is 2.28. The number of aliphatic hydroxyl groups is 1. The van der Waals surface area contributed by atoms with Crippen LogP contribution in [0.15, 0.2) is 18.2 Å². The maximum absolute atomic E-state index is 11.1. The van der Waals surface area contributed by atoms with Crippen LogP contribution in [0.2, 0.25) is 5.02 Å². The molecule has 1 saturated heterocycles. The second-order valence-electron chi connectivity index (χ2n) is 5.20. The van der Waals surface area contributed by atoms with Crippen molar-refractivity contribution in [1.29, 1.82) is 0 Å². The number of rotatable bonds is 2. The van der Waals surface area contributed by atoms with Crippen LogP contribution in [0.1, 0.15) is 26.2 Å². The van der Waals surface area contributed by atoms with Gasteiger partial charge in [-0.3, -0.25) is 10.1 Å². The molecule has 19 heavy (non-hydrogen) atoms. The number of para-hydroxylation sites is 1. The largest absolute Gasteiger partial charge is 0.390 e. The van der Waals surface area contributed by atoms with Crippen molar-refractivity contribution in [3.8, 4) is 0 Å². The maximum Gasteiger partial charge on any atom is 0.310 e. The Bertz CT molecular complexity index is 491. The van der Waals surface area contributed by atoms with Crippen molar-refractivity contribution in [3.05, 3.63) is 33.3 Å². The van der Waals surface area contributed by atoms with Gasteiger partial charge in [0.1, 0.15) is 10.7 Å². The van der Waals surface area contributed by atoms with Crippen molar-refractivity contribution < 1.29 is 10.0 Å². The third-order valence-electron chi connectivity index (χ3n) is 3.55. The van der Waals surface area contributed by atoms with E-state index in [0.29, 0.717) is 31.6 Å². The van der Waals surface area contributed by atoms with E-state index >= 15 is 0 Å². The molecule has 1 atom stereocenters. The van der Waals surface area contributed by atoms with E-state index in [1.807, 2.05) is 11.8 Å². The summed E-state index contributed by atoms with van der Waals surface area (Å²) in [6.45, 7) is 3.09. The van der Waals surface area contributed by atoms with Gasteiger partial charge in [-0.1, -0.05) is 17.7 Å². The van der Waals surface area contributed by atoms with Crippen molar-refractivity contribution >= 4 is 23.0 Å². The maximum atomic E-state index is 11.1. The van der Waals surface area contributed by atoms with E-state index in [-0.39, 0.29) is 10.7 Å². The summed E-state index contributed by atoms with van der Waals surface area (Å²) in [5.41, 5.74) is -0.205. The first kappa shape index (κ1) is 14.1. The molecule has 0 aromatic heterocycles. The van der Waals surface area contributed by atoms with E-state index in [4.69, 9.17) is 11.6 Å². The van der Waals surface area contributed by atoms with Gasteiger partial charge in [0.15, 0.2) is 0 Å². The number of nitro benzene ring substituents is 1. The Morgan fingerprint density at radius 3 is 2.84 bits per heavy atom. The van der Waals surface area contributed by atoms with E-state index in [9.17, 15) is 15.2 Å². The van der Waals surface area contributed by atoms with Crippen LogP contribution in [0.3, 0.4) is 0 Å². The Kier molecular flexibility index (Phi) is 3.96. The monoisotopic (exact) mass is 284 g/mol. The van der Waals surface area contributed by atoms with Gasteiger partial charge >= 0.3 is 5.69 Å². The second kappa shape index (κ2) is 5.35. The molecule has 1 heterocycles. The van der Waals surface area contributed by atoms with Crippen molar-refractivity contribution in [3.63, 3.8) is 0 Å². The zero-order chi connectivity index (χ0) is 14.0. The van der Waals surface area contributed by atoms with E-state index in [1.54, 1.807) is 12.1 Å². The predicted octanol–water partition coefficient (Wildman–Crippen LogP) is 2.99. The van der Waals surface area contributed by atoms with Gasteiger partial charge in [-0.15, -0.1) is 0 Å². The predicted molar refractivity (Wildman–Crippen MR) is 74.8 cm³/mol. The minimum Gasteiger partial charge on any atom is -0.390 e. The Morgan fingerprint density at radius 2 is 2.16 bits per heavy atom. The third-order valence-corrected chi connectivity index (χ3v) is 3.86. The number of hydrogen-bond donors (Lipinski definition) is 1. The van der Waals surface area contributed by atoms with Gasteiger partial charge in [0.25, 0.3) is 0 Å². The number of anilines is 1. The molecule has 6 heteroatoms. The van der Waals surface area contributed by atoms with Crippen molar-refractivity contribution in [1.82, 2.24) is 0 Å². The highest BCUT2D eigenvalue weighted by Crippen LogP contribution is 2.36. The zero-order valence-electron chi connectivity index (χ0n) is 10.8. The van der Waals surface area contributed by atoms with Gasteiger partial charge in [-0.2, -0.15) is 0 Å². The van der Waals surface area contributed by atoms with Gasteiger partial charge in [-0.05, 0) is 38.3 Å². The summed E-state index contributed by atoms with van der Waals surface area (Å²) in [7, 11) is 0. The van der Waals surface area contributed by atoms with E-state index in [0.717, 1.165) is 6.42 Å². The number of nitro groups is 1. The summed E-state index contributed by atoms with van der Waals surface area (Å²) in [5, 5.41) is 21.4. The summed E-state index contributed by atoms with van der Waals surface area (Å²) in [6, 6.07) is 4.95.